The van der Waals surface area contributed by atoms with Crippen LogP contribution in [0.4, 0.5) is 0 Å². The van der Waals surface area contributed by atoms with Crippen molar-refractivity contribution >= 4 is 17.5 Å². The zero-order valence-electron chi connectivity index (χ0n) is 6.04. The molecule has 12 heavy (non-hydrogen) atoms. The summed E-state index contributed by atoms with van der Waals surface area (Å²) in [6.45, 7) is 0. The van der Waals surface area contributed by atoms with Crippen LogP contribution in [0.5, 0.6) is 5.75 Å². The lowest BCUT2D eigenvalue weighted by molar-refractivity contribution is 0.0951. The van der Waals surface area contributed by atoms with Crippen LogP contribution in [0, 0.1) is 0 Å². The molecule has 4 N–H and O–H groups in total. The number of aromatic hydroxyl groups is 1. The van der Waals surface area contributed by atoms with Crippen molar-refractivity contribution in [1.82, 2.24) is 5.43 Å². The number of phenolic OH excluding ortho intramolecular Hbond substituents is 1. The summed E-state index contributed by atoms with van der Waals surface area (Å²) < 4.78 is 0. The topological polar surface area (TPSA) is 75.3 Å². The van der Waals surface area contributed by atoms with Crippen molar-refractivity contribution < 1.29 is 9.90 Å². The predicted octanol–water partition coefficient (Wildman–Crippen LogP) is 0.649. The maximum absolute atomic E-state index is 11.0. The molecule has 0 spiro atoms. The number of carbonyl (C=O) groups is 1. The molecule has 0 fully saturated rings. The second kappa shape index (κ2) is 3.42. The van der Waals surface area contributed by atoms with Gasteiger partial charge in [0.1, 0.15) is 11.3 Å². The normalized spacial score (nSPS) is 9.50. The largest absolute Gasteiger partial charge is 0.507 e. The standard InChI is InChI=1S/C7H7ClN2O2/c8-4-2-1-3-5(11)6(4)7(12)10-9/h1-3,11H,9H2,(H,10,12). The average molecular weight is 187 g/mol. The summed E-state index contributed by atoms with van der Waals surface area (Å²) >= 11 is 5.63. The third-order valence-electron chi connectivity index (χ3n) is 1.35. The summed E-state index contributed by atoms with van der Waals surface area (Å²) in [4.78, 5) is 11.0. The number of amides is 1. The molecule has 0 aliphatic heterocycles. The highest BCUT2D eigenvalue weighted by Gasteiger charge is 2.12. The molecule has 0 saturated carbocycles. The number of hydrogen-bond donors (Lipinski definition) is 3. The van der Waals surface area contributed by atoms with E-state index in [1.807, 2.05) is 5.43 Å². The summed E-state index contributed by atoms with van der Waals surface area (Å²) in [5, 5.41) is 9.36. The highest BCUT2D eigenvalue weighted by Crippen LogP contribution is 2.24. The van der Waals surface area contributed by atoms with Gasteiger partial charge in [0, 0.05) is 0 Å². The summed E-state index contributed by atoms with van der Waals surface area (Å²) in [5.74, 6) is 4.07. The second-order valence-corrected chi connectivity index (χ2v) is 2.51. The number of rotatable bonds is 1. The van der Waals surface area contributed by atoms with E-state index in [1.54, 1.807) is 0 Å². The molecule has 1 amide bonds. The maximum atomic E-state index is 11.0. The van der Waals surface area contributed by atoms with Gasteiger partial charge >= 0.3 is 0 Å². The average Bonchev–Trinajstić information content (AvgIpc) is 2.03. The Bertz CT molecular complexity index is 294. The van der Waals surface area contributed by atoms with Gasteiger partial charge in [0.25, 0.3) is 5.91 Å². The van der Waals surface area contributed by atoms with Gasteiger partial charge < -0.3 is 5.11 Å². The van der Waals surface area contributed by atoms with Crippen LogP contribution in [-0.4, -0.2) is 11.0 Å². The summed E-state index contributed by atoms with van der Waals surface area (Å²) in [6.07, 6.45) is 0. The van der Waals surface area contributed by atoms with Gasteiger partial charge in [0.05, 0.1) is 5.02 Å². The lowest BCUT2D eigenvalue weighted by Crippen LogP contribution is -2.30. The molecular formula is C7H7ClN2O2. The van der Waals surface area contributed by atoms with Crippen LogP contribution in [0.25, 0.3) is 0 Å². The zero-order valence-corrected chi connectivity index (χ0v) is 6.80. The first-order chi connectivity index (χ1) is 5.66. The molecule has 0 bridgehead atoms. The van der Waals surface area contributed by atoms with E-state index in [1.165, 1.54) is 18.2 Å². The molecule has 0 radical (unpaired) electrons. The SMILES string of the molecule is NNC(=O)c1c(O)cccc1Cl. The third-order valence-corrected chi connectivity index (χ3v) is 1.66. The Balaban J connectivity index is 3.21. The van der Waals surface area contributed by atoms with E-state index in [-0.39, 0.29) is 16.3 Å². The molecule has 64 valence electrons. The van der Waals surface area contributed by atoms with Gasteiger partial charge in [-0.15, -0.1) is 0 Å². The van der Waals surface area contributed by atoms with Gasteiger partial charge in [-0.3, -0.25) is 10.2 Å². The molecule has 1 aromatic carbocycles. The molecule has 0 aliphatic rings. The highest BCUT2D eigenvalue weighted by atomic mass is 35.5. The second-order valence-electron chi connectivity index (χ2n) is 2.11. The number of carbonyl (C=O) groups excluding carboxylic acids is 1. The molecular weight excluding hydrogens is 180 g/mol. The fourth-order valence-corrected chi connectivity index (χ4v) is 1.07. The van der Waals surface area contributed by atoms with Gasteiger partial charge in [0.15, 0.2) is 0 Å². The van der Waals surface area contributed by atoms with Crippen LogP contribution < -0.4 is 11.3 Å². The Labute approximate surface area is 73.9 Å². The first-order valence-electron chi connectivity index (χ1n) is 3.15. The van der Waals surface area contributed by atoms with Gasteiger partial charge in [-0.05, 0) is 12.1 Å². The van der Waals surface area contributed by atoms with Crippen molar-refractivity contribution in [2.24, 2.45) is 5.84 Å². The molecule has 0 saturated heterocycles. The van der Waals surface area contributed by atoms with Crippen LogP contribution in [0.2, 0.25) is 5.02 Å². The van der Waals surface area contributed by atoms with Crippen molar-refractivity contribution in [2.45, 2.75) is 0 Å². The predicted molar refractivity (Wildman–Crippen MR) is 44.8 cm³/mol. The van der Waals surface area contributed by atoms with Crippen molar-refractivity contribution in [2.75, 3.05) is 0 Å². The lowest BCUT2D eigenvalue weighted by atomic mass is 10.2. The fourth-order valence-electron chi connectivity index (χ4n) is 0.810. The molecule has 0 atom stereocenters. The van der Waals surface area contributed by atoms with Crippen molar-refractivity contribution in [1.29, 1.82) is 0 Å². The minimum atomic E-state index is -0.613. The number of halogens is 1. The number of nitrogens with one attached hydrogen (secondary N) is 1. The van der Waals surface area contributed by atoms with Gasteiger partial charge in [-0.25, -0.2) is 5.84 Å². The van der Waals surface area contributed by atoms with E-state index in [0.717, 1.165) is 0 Å². The smallest absolute Gasteiger partial charge is 0.270 e. The zero-order chi connectivity index (χ0) is 9.14. The molecule has 1 rings (SSSR count). The highest BCUT2D eigenvalue weighted by molar-refractivity contribution is 6.34. The number of nitrogens with two attached hydrogens (primary N) is 1. The monoisotopic (exact) mass is 186 g/mol. The maximum Gasteiger partial charge on any atom is 0.270 e. The Morgan fingerprint density at radius 3 is 2.75 bits per heavy atom. The van der Waals surface area contributed by atoms with Crippen LogP contribution in [0.3, 0.4) is 0 Å². The van der Waals surface area contributed by atoms with E-state index in [4.69, 9.17) is 17.4 Å². The first-order valence-corrected chi connectivity index (χ1v) is 3.53. The van der Waals surface area contributed by atoms with E-state index < -0.39 is 5.91 Å². The Hall–Kier alpha value is -1.26. The number of nitrogen functional groups attached to an aromatic ring is 1. The molecule has 4 nitrogen and oxygen atoms in total. The van der Waals surface area contributed by atoms with Crippen LogP contribution in [0.1, 0.15) is 10.4 Å². The van der Waals surface area contributed by atoms with E-state index in [0.29, 0.717) is 0 Å². The molecule has 0 heterocycles. The van der Waals surface area contributed by atoms with Crippen molar-refractivity contribution in [3.63, 3.8) is 0 Å². The number of phenols is 1. The van der Waals surface area contributed by atoms with Crippen molar-refractivity contribution in [3.8, 4) is 5.75 Å². The van der Waals surface area contributed by atoms with Gasteiger partial charge in [0.2, 0.25) is 0 Å². The van der Waals surface area contributed by atoms with Gasteiger partial charge in [-0.1, -0.05) is 17.7 Å². The summed E-state index contributed by atoms with van der Waals surface area (Å²) in [5.41, 5.74) is 1.87. The van der Waals surface area contributed by atoms with Crippen LogP contribution in [0.15, 0.2) is 18.2 Å². The molecule has 5 heteroatoms. The first kappa shape index (κ1) is 8.83. The molecule has 0 unspecified atom stereocenters. The number of hydrogen-bond acceptors (Lipinski definition) is 3. The molecule has 0 aliphatic carbocycles. The quantitative estimate of drug-likeness (QED) is 0.343. The Morgan fingerprint density at radius 2 is 2.25 bits per heavy atom. The Kier molecular flexibility index (Phi) is 2.52. The number of benzene rings is 1. The Morgan fingerprint density at radius 1 is 1.58 bits per heavy atom. The molecule has 1 aromatic rings. The van der Waals surface area contributed by atoms with Gasteiger partial charge in [-0.2, -0.15) is 0 Å². The third kappa shape index (κ3) is 1.49. The van der Waals surface area contributed by atoms with Crippen LogP contribution in [-0.2, 0) is 0 Å². The minimum Gasteiger partial charge on any atom is -0.507 e. The molecule has 0 aromatic heterocycles. The summed E-state index contributed by atoms with van der Waals surface area (Å²) in [6, 6.07) is 4.38. The fraction of sp³-hybridized carbons (Fsp3) is 0. The van der Waals surface area contributed by atoms with Crippen molar-refractivity contribution in [3.05, 3.63) is 28.8 Å². The minimum absolute atomic E-state index is 0.0123. The van der Waals surface area contributed by atoms with Crippen LogP contribution >= 0.6 is 11.6 Å². The van der Waals surface area contributed by atoms with E-state index in [9.17, 15) is 9.90 Å². The summed E-state index contributed by atoms with van der Waals surface area (Å²) in [7, 11) is 0. The number of hydrazine groups is 1. The van der Waals surface area contributed by atoms with E-state index >= 15 is 0 Å². The lowest BCUT2D eigenvalue weighted by Gasteiger charge is -2.03. The van der Waals surface area contributed by atoms with E-state index in [2.05, 4.69) is 0 Å².